The van der Waals surface area contributed by atoms with Gasteiger partial charge in [0.05, 0.1) is 17.5 Å². The third-order valence-electron chi connectivity index (χ3n) is 3.44. The van der Waals surface area contributed by atoms with Crippen LogP contribution in [-0.4, -0.2) is 22.2 Å². The molecule has 1 aromatic carbocycles. The highest BCUT2D eigenvalue weighted by Gasteiger charge is 2.41. The molecule has 0 aliphatic heterocycles. The van der Waals surface area contributed by atoms with E-state index in [1.807, 2.05) is 24.3 Å². The van der Waals surface area contributed by atoms with Crippen molar-refractivity contribution in [3.05, 3.63) is 24.3 Å². The summed E-state index contributed by atoms with van der Waals surface area (Å²) in [4.78, 5) is 24.2. The first-order valence-corrected chi connectivity index (χ1v) is 7.66. The van der Waals surface area contributed by atoms with E-state index in [9.17, 15) is 9.59 Å². The SMILES string of the molecule is CC(C)Sc1ccccc1NC(=O)C1CCC1C(=O)O. The van der Waals surface area contributed by atoms with Gasteiger partial charge < -0.3 is 10.4 Å². The maximum Gasteiger partial charge on any atom is 0.307 e. The summed E-state index contributed by atoms with van der Waals surface area (Å²) in [5.74, 6) is -1.98. The third kappa shape index (κ3) is 3.33. The molecule has 1 fully saturated rings. The van der Waals surface area contributed by atoms with Crippen molar-refractivity contribution < 1.29 is 14.7 Å². The van der Waals surface area contributed by atoms with Crippen LogP contribution in [0.1, 0.15) is 26.7 Å². The summed E-state index contributed by atoms with van der Waals surface area (Å²) in [5.41, 5.74) is 0.771. The lowest BCUT2D eigenvalue weighted by atomic mass is 9.73. The van der Waals surface area contributed by atoms with Gasteiger partial charge in [0.15, 0.2) is 0 Å². The molecule has 2 unspecified atom stereocenters. The van der Waals surface area contributed by atoms with E-state index in [0.717, 1.165) is 10.6 Å². The number of amides is 1. The molecule has 0 radical (unpaired) electrons. The molecule has 0 heterocycles. The van der Waals surface area contributed by atoms with Crippen molar-refractivity contribution in [3.63, 3.8) is 0 Å². The summed E-state index contributed by atoms with van der Waals surface area (Å²) in [6.45, 7) is 4.19. The molecule has 2 N–H and O–H groups in total. The zero-order chi connectivity index (χ0) is 14.7. The molecule has 1 amide bonds. The molecule has 108 valence electrons. The van der Waals surface area contributed by atoms with Crippen molar-refractivity contribution >= 4 is 29.3 Å². The standard InChI is InChI=1S/C15H19NO3S/c1-9(2)20-13-6-4-3-5-12(13)16-14(17)10-7-8-11(10)15(18)19/h3-6,9-11H,7-8H2,1-2H3,(H,16,17)(H,18,19). The van der Waals surface area contributed by atoms with Crippen LogP contribution in [0.4, 0.5) is 5.69 Å². The van der Waals surface area contributed by atoms with E-state index >= 15 is 0 Å². The Labute approximate surface area is 123 Å². The molecule has 0 bridgehead atoms. The molecular weight excluding hydrogens is 274 g/mol. The van der Waals surface area contributed by atoms with Gasteiger partial charge in [-0.25, -0.2) is 0 Å². The maximum absolute atomic E-state index is 12.2. The lowest BCUT2D eigenvalue weighted by molar-refractivity contribution is -0.151. The van der Waals surface area contributed by atoms with Crippen molar-refractivity contribution in [1.82, 2.24) is 0 Å². The fraction of sp³-hybridized carbons (Fsp3) is 0.467. The summed E-state index contributed by atoms with van der Waals surface area (Å²) in [6.07, 6.45) is 1.25. The first-order valence-electron chi connectivity index (χ1n) is 6.78. The number of benzene rings is 1. The van der Waals surface area contributed by atoms with Crippen LogP contribution in [0.15, 0.2) is 29.2 Å². The van der Waals surface area contributed by atoms with Crippen LogP contribution in [0.3, 0.4) is 0 Å². The average molecular weight is 293 g/mol. The van der Waals surface area contributed by atoms with Gasteiger partial charge in [-0.05, 0) is 25.0 Å². The molecule has 0 aromatic heterocycles. The maximum atomic E-state index is 12.2. The zero-order valence-electron chi connectivity index (χ0n) is 11.6. The first-order chi connectivity index (χ1) is 9.49. The normalized spacial score (nSPS) is 21.4. The Morgan fingerprint density at radius 3 is 2.45 bits per heavy atom. The van der Waals surface area contributed by atoms with E-state index < -0.39 is 17.8 Å². The number of carboxylic acids is 1. The van der Waals surface area contributed by atoms with Gasteiger partial charge in [-0.3, -0.25) is 9.59 Å². The van der Waals surface area contributed by atoms with Crippen LogP contribution in [0.2, 0.25) is 0 Å². The average Bonchev–Trinajstić information content (AvgIpc) is 2.28. The van der Waals surface area contributed by atoms with Gasteiger partial charge in [-0.1, -0.05) is 26.0 Å². The van der Waals surface area contributed by atoms with E-state index in [2.05, 4.69) is 19.2 Å². The number of nitrogens with one attached hydrogen (secondary N) is 1. The lowest BCUT2D eigenvalue weighted by Crippen LogP contribution is -2.41. The van der Waals surface area contributed by atoms with Gasteiger partial charge in [0.25, 0.3) is 0 Å². The molecule has 5 heteroatoms. The van der Waals surface area contributed by atoms with Crippen LogP contribution in [0, 0.1) is 11.8 Å². The van der Waals surface area contributed by atoms with Crippen molar-refractivity contribution in [2.24, 2.45) is 11.8 Å². The number of anilines is 1. The number of hydrogen-bond donors (Lipinski definition) is 2. The minimum absolute atomic E-state index is 0.180. The second-order valence-corrected chi connectivity index (χ2v) is 6.90. The summed E-state index contributed by atoms with van der Waals surface area (Å²) >= 11 is 1.68. The van der Waals surface area contributed by atoms with Crippen LogP contribution in [0.25, 0.3) is 0 Å². The number of hydrogen-bond acceptors (Lipinski definition) is 3. The Kier molecular flexibility index (Phi) is 4.70. The van der Waals surface area contributed by atoms with Crippen LogP contribution in [-0.2, 0) is 9.59 Å². The van der Waals surface area contributed by atoms with Crippen molar-refractivity contribution in [2.75, 3.05) is 5.32 Å². The van der Waals surface area contributed by atoms with E-state index in [1.54, 1.807) is 11.8 Å². The first kappa shape index (κ1) is 14.9. The molecular formula is C15H19NO3S. The Balaban J connectivity index is 2.06. The highest BCUT2D eigenvalue weighted by molar-refractivity contribution is 8.00. The molecule has 1 saturated carbocycles. The van der Waals surface area contributed by atoms with E-state index in [4.69, 9.17) is 5.11 Å². The molecule has 0 saturated heterocycles. The van der Waals surface area contributed by atoms with Crippen molar-refractivity contribution in [1.29, 1.82) is 0 Å². The number of thioether (sulfide) groups is 1. The number of para-hydroxylation sites is 1. The topological polar surface area (TPSA) is 66.4 Å². The van der Waals surface area contributed by atoms with E-state index in [1.165, 1.54) is 0 Å². The summed E-state index contributed by atoms with van der Waals surface area (Å²) in [6, 6.07) is 7.63. The van der Waals surface area contributed by atoms with Gasteiger partial charge in [0.1, 0.15) is 0 Å². The monoisotopic (exact) mass is 293 g/mol. The lowest BCUT2D eigenvalue weighted by Gasteiger charge is -2.32. The zero-order valence-corrected chi connectivity index (χ0v) is 12.4. The number of carbonyl (C=O) groups is 2. The minimum atomic E-state index is -0.874. The smallest absolute Gasteiger partial charge is 0.307 e. The Bertz CT molecular complexity index is 516. The molecule has 0 spiro atoms. The fourth-order valence-electron chi connectivity index (χ4n) is 2.26. The van der Waals surface area contributed by atoms with Crippen molar-refractivity contribution in [3.8, 4) is 0 Å². The van der Waals surface area contributed by atoms with Crippen LogP contribution >= 0.6 is 11.8 Å². The van der Waals surface area contributed by atoms with E-state index in [-0.39, 0.29) is 5.91 Å². The molecule has 2 atom stereocenters. The summed E-state index contributed by atoms with van der Waals surface area (Å²) in [7, 11) is 0. The third-order valence-corrected chi connectivity index (χ3v) is 4.52. The largest absolute Gasteiger partial charge is 0.481 e. The Morgan fingerprint density at radius 1 is 1.25 bits per heavy atom. The second-order valence-electron chi connectivity index (χ2n) is 5.28. The highest BCUT2D eigenvalue weighted by Crippen LogP contribution is 2.36. The Morgan fingerprint density at radius 2 is 1.90 bits per heavy atom. The van der Waals surface area contributed by atoms with Gasteiger partial charge in [-0.2, -0.15) is 0 Å². The number of aliphatic carboxylic acids is 1. The fourth-order valence-corrected chi connectivity index (χ4v) is 3.17. The number of rotatable bonds is 5. The molecule has 2 rings (SSSR count). The van der Waals surface area contributed by atoms with Crippen LogP contribution in [0.5, 0.6) is 0 Å². The van der Waals surface area contributed by atoms with E-state index in [0.29, 0.717) is 18.1 Å². The second kappa shape index (κ2) is 6.31. The van der Waals surface area contributed by atoms with Gasteiger partial charge in [0.2, 0.25) is 5.91 Å². The minimum Gasteiger partial charge on any atom is -0.481 e. The van der Waals surface area contributed by atoms with Gasteiger partial charge in [-0.15, -0.1) is 11.8 Å². The van der Waals surface area contributed by atoms with Gasteiger partial charge in [0, 0.05) is 10.1 Å². The molecule has 20 heavy (non-hydrogen) atoms. The van der Waals surface area contributed by atoms with Crippen molar-refractivity contribution in [2.45, 2.75) is 36.8 Å². The highest BCUT2D eigenvalue weighted by atomic mass is 32.2. The number of carboxylic acid groups (broad SMARTS) is 1. The number of carbonyl (C=O) groups excluding carboxylic acids is 1. The molecule has 1 aliphatic rings. The quantitative estimate of drug-likeness (QED) is 0.818. The summed E-state index contributed by atoms with van der Waals surface area (Å²) in [5, 5.41) is 12.3. The molecule has 4 nitrogen and oxygen atoms in total. The van der Waals surface area contributed by atoms with Gasteiger partial charge >= 0.3 is 5.97 Å². The summed E-state index contributed by atoms with van der Waals surface area (Å²) < 4.78 is 0. The predicted octanol–water partition coefficient (Wildman–Crippen LogP) is 3.24. The molecule has 1 aliphatic carbocycles. The predicted molar refractivity (Wildman–Crippen MR) is 79.9 cm³/mol. The molecule has 1 aromatic rings. The van der Waals surface area contributed by atoms with Crippen LogP contribution < -0.4 is 5.32 Å². The Hall–Kier alpha value is -1.49.